The van der Waals surface area contributed by atoms with Crippen LogP contribution in [0.25, 0.3) is 0 Å². The molecule has 0 N–H and O–H groups in total. The highest BCUT2D eigenvalue weighted by atomic mass is 16.6. The highest BCUT2D eigenvalue weighted by molar-refractivity contribution is 5.71. The van der Waals surface area contributed by atoms with Gasteiger partial charge in [0.05, 0.1) is 33.0 Å². The summed E-state index contributed by atoms with van der Waals surface area (Å²) >= 11 is 0. The second-order valence-corrected chi connectivity index (χ2v) is 5.94. The fourth-order valence-electron chi connectivity index (χ4n) is 1.64. The number of benzene rings is 1. The second kappa shape index (κ2) is 11.8. The maximum atomic E-state index is 11.4. The van der Waals surface area contributed by atoms with Gasteiger partial charge in [-0.05, 0) is 26.8 Å². The van der Waals surface area contributed by atoms with E-state index in [-0.39, 0.29) is 12.6 Å². The van der Waals surface area contributed by atoms with Crippen LogP contribution in [0.3, 0.4) is 0 Å². The van der Waals surface area contributed by atoms with E-state index in [9.17, 15) is 4.79 Å². The molecule has 24 heavy (non-hydrogen) atoms. The lowest BCUT2D eigenvalue weighted by atomic mass is 10.2. The van der Waals surface area contributed by atoms with Crippen LogP contribution in [0.15, 0.2) is 24.3 Å². The molecule has 0 aliphatic heterocycles. The van der Waals surface area contributed by atoms with Crippen molar-refractivity contribution in [1.82, 2.24) is 0 Å². The Morgan fingerprint density at radius 1 is 0.958 bits per heavy atom. The molecule has 1 aromatic carbocycles. The molecule has 0 spiro atoms. The Morgan fingerprint density at radius 3 is 2.17 bits per heavy atom. The van der Waals surface area contributed by atoms with E-state index in [1.54, 1.807) is 6.07 Å². The van der Waals surface area contributed by atoms with Gasteiger partial charge >= 0.3 is 5.97 Å². The van der Waals surface area contributed by atoms with Crippen molar-refractivity contribution in [3.8, 4) is 5.75 Å². The Morgan fingerprint density at radius 2 is 1.58 bits per heavy atom. The predicted octanol–water partition coefficient (Wildman–Crippen LogP) is 2.26. The van der Waals surface area contributed by atoms with Crippen LogP contribution in [0.2, 0.25) is 0 Å². The standard InChI is InChI=1S/C18H27O6/c1-18(2,3)24-17(19)15-22-12-11-20-9-10-21-13-14-23-16-7-5-4-6-8-16/h4-7H,9-15H2,1-3H3. The summed E-state index contributed by atoms with van der Waals surface area (Å²) in [5.41, 5.74) is -0.490. The molecule has 0 fully saturated rings. The molecule has 0 aliphatic carbocycles. The number of esters is 1. The molecular formula is C18H27O6. The van der Waals surface area contributed by atoms with Gasteiger partial charge in [-0.15, -0.1) is 0 Å². The van der Waals surface area contributed by atoms with E-state index in [0.717, 1.165) is 0 Å². The van der Waals surface area contributed by atoms with Crippen molar-refractivity contribution in [2.24, 2.45) is 0 Å². The summed E-state index contributed by atoms with van der Waals surface area (Å²) in [5.74, 6) is 0.334. The van der Waals surface area contributed by atoms with Crippen LogP contribution in [-0.2, 0) is 23.7 Å². The minimum absolute atomic E-state index is 0.0645. The molecule has 6 heteroatoms. The molecule has 0 amide bonds. The van der Waals surface area contributed by atoms with Gasteiger partial charge < -0.3 is 23.7 Å². The predicted molar refractivity (Wildman–Crippen MR) is 89.1 cm³/mol. The van der Waals surface area contributed by atoms with E-state index in [4.69, 9.17) is 23.7 Å². The van der Waals surface area contributed by atoms with E-state index in [1.807, 2.05) is 39.0 Å². The first-order valence-corrected chi connectivity index (χ1v) is 8.02. The van der Waals surface area contributed by atoms with Crippen LogP contribution in [0.1, 0.15) is 20.8 Å². The molecule has 0 saturated carbocycles. The number of para-hydroxylation sites is 1. The quantitative estimate of drug-likeness (QED) is 0.430. The van der Waals surface area contributed by atoms with Crippen LogP contribution in [-0.4, -0.2) is 57.8 Å². The molecule has 0 aromatic heterocycles. The topological polar surface area (TPSA) is 63.2 Å². The Hall–Kier alpha value is -1.63. The monoisotopic (exact) mass is 339 g/mol. The van der Waals surface area contributed by atoms with Gasteiger partial charge in [-0.1, -0.05) is 18.2 Å². The van der Waals surface area contributed by atoms with E-state index in [1.165, 1.54) is 0 Å². The lowest BCUT2D eigenvalue weighted by Crippen LogP contribution is -2.27. The molecule has 0 bridgehead atoms. The third-order valence-corrected chi connectivity index (χ3v) is 2.55. The second-order valence-electron chi connectivity index (χ2n) is 5.94. The Bertz CT molecular complexity index is 441. The highest BCUT2D eigenvalue weighted by Crippen LogP contribution is 2.07. The molecule has 0 aliphatic rings. The summed E-state index contributed by atoms with van der Waals surface area (Å²) in [7, 11) is 0. The summed E-state index contributed by atoms with van der Waals surface area (Å²) in [6.07, 6.45) is 0. The number of rotatable bonds is 12. The lowest BCUT2D eigenvalue weighted by Gasteiger charge is -2.19. The van der Waals surface area contributed by atoms with Crippen molar-refractivity contribution < 1.29 is 28.5 Å². The zero-order valence-electron chi connectivity index (χ0n) is 14.7. The van der Waals surface area contributed by atoms with Crippen LogP contribution >= 0.6 is 0 Å². The minimum atomic E-state index is -0.490. The average molecular weight is 339 g/mol. The maximum Gasteiger partial charge on any atom is 0.332 e. The molecule has 0 heterocycles. The van der Waals surface area contributed by atoms with Gasteiger partial charge in [0.25, 0.3) is 0 Å². The van der Waals surface area contributed by atoms with Crippen molar-refractivity contribution in [2.45, 2.75) is 26.4 Å². The van der Waals surface area contributed by atoms with Crippen molar-refractivity contribution in [1.29, 1.82) is 0 Å². The minimum Gasteiger partial charge on any atom is -0.491 e. The maximum absolute atomic E-state index is 11.4. The first kappa shape index (κ1) is 20.4. The average Bonchev–Trinajstić information content (AvgIpc) is 2.52. The zero-order chi connectivity index (χ0) is 17.7. The number of carbonyl (C=O) groups is 1. The fraction of sp³-hybridized carbons (Fsp3) is 0.611. The summed E-state index contributed by atoms with van der Waals surface area (Å²) in [4.78, 5) is 11.4. The molecule has 6 nitrogen and oxygen atoms in total. The van der Waals surface area contributed by atoms with Crippen molar-refractivity contribution in [3.63, 3.8) is 0 Å². The third kappa shape index (κ3) is 11.9. The molecule has 0 atom stereocenters. The molecule has 135 valence electrons. The molecule has 1 aromatic rings. The van der Waals surface area contributed by atoms with Gasteiger partial charge in [0, 0.05) is 6.07 Å². The first-order valence-electron chi connectivity index (χ1n) is 8.02. The van der Waals surface area contributed by atoms with E-state index in [0.29, 0.717) is 45.4 Å². The van der Waals surface area contributed by atoms with Crippen molar-refractivity contribution in [2.75, 3.05) is 46.2 Å². The molecule has 1 rings (SSSR count). The Balaban J connectivity index is 1.83. The smallest absolute Gasteiger partial charge is 0.332 e. The third-order valence-electron chi connectivity index (χ3n) is 2.55. The Labute approximate surface area is 144 Å². The van der Waals surface area contributed by atoms with Gasteiger partial charge in [-0.2, -0.15) is 0 Å². The van der Waals surface area contributed by atoms with Crippen molar-refractivity contribution in [3.05, 3.63) is 30.3 Å². The highest BCUT2D eigenvalue weighted by Gasteiger charge is 2.15. The normalized spacial score (nSPS) is 11.3. The van der Waals surface area contributed by atoms with E-state index < -0.39 is 5.60 Å². The Kier molecular flexibility index (Phi) is 10.1. The molecule has 1 radical (unpaired) electrons. The summed E-state index contributed by atoms with van der Waals surface area (Å²) in [6.45, 7) is 8.03. The number of hydrogen-bond acceptors (Lipinski definition) is 6. The van der Waals surface area contributed by atoms with Crippen LogP contribution in [0.5, 0.6) is 5.75 Å². The largest absolute Gasteiger partial charge is 0.491 e. The van der Waals surface area contributed by atoms with E-state index in [2.05, 4.69) is 6.07 Å². The van der Waals surface area contributed by atoms with Gasteiger partial charge in [0.15, 0.2) is 0 Å². The summed E-state index contributed by atoms with van der Waals surface area (Å²) in [5, 5.41) is 0. The summed E-state index contributed by atoms with van der Waals surface area (Å²) < 4.78 is 26.4. The zero-order valence-corrected chi connectivity index (χ0v) is 14.7. The number of hydrogen-bond donors (Lipinski definition) is 0. The van der Waals surface area contributed by atoms with Crippen molar-refractivity contribution >= 4 is 5.97 Å². The molecule has 0 unspecified atom stereocenters. The van der Waals surface area contributed by atoms with E-state index >= 15 is 0 Å². The van der Waals surface area contributed by atoms with Gasteiger partial charge in [-0.3, -0.25) is 0 Å². The van der Waals surface area contributed by atoms with Gasteiger partial charge in [0.1, 0.15) is 24.6 Å². The fourth-order valence-corrected chi connectivity index (χ4v) is 1.64. The number of carbonyl (C=O) groups excluding carboxylic acids is 1. The van der Waals surface area contributed by atoms with Gasteiger partial charge in [0.2, 0.25) is 0 Å². The number of ether oxygens (including phenoxy) is 5. The van der Waals surface area contributed by atoms with Gasteiger partial charge in [-0.25, -0.2) is 4.79 Å². The molecule has 0 saturated heterocycles. The van der Waals surface area contributed by atoms with Crippen LogP contribution < -0.4 is 4.74 Å². The first-order chi connectivity index (χ1) is 11.5. The van der Waals surface area contributed by atoms with Crippen LogP contribution in [0.4, 0.5) is 0 Å². The van der Waals surface area contributed by atoms with Crippen LogP contribution in [0, 0.1) is 6.07 Å². The lowest BCUT2D eigenvalue weighted by molar-refractivity contribution is -0.160. The molecular weight excluding hydrogens is 312 g/mol. The summed E-state index contributed by atoms with van der Waals surface area (Å²) in [6, 6.07) is 10.4. The SMILES string of the molecule is CC(C)(C)OC(=O)COCCOCCOCCOc1[c]cccc1.